The van der Waals surface area contributed by atoms with E-state index in [1.807, 2.05) is 6.07 Å². The number of halogens is 1. The predicted molar refractivity (Wildman–Crippen MR) is 116 cm³/mol. The van der Waals surface area contributed by atoms with Crippen LogP contribution in [0.2, 0.25) is 5.02 Å². The van der Waals surface area contributed by atoms with Gasteiger partial charge in [-0.25, -0.2) is 4.98 Å². The van der Waals surface area contributed by atoms with Crippen molar-refractivity contribution < 1.29 is 14.3 Å². The lowest BCUT2D eigenvalue weighted by atomic mass is 10.2. The first-order valence-electron chi connectivity index (χ1n) is 9.61. The van der Waals surface area contributed by atoms with Crippen LogP contribution in [0, 0.1) is 11.3 Å². The summed E-state index contributed by atoms with van der Waals surface area (Å²) in [6.07, 6.45) is 3.58. The molecule has 1 aliphatic rings. The molecule has 31 heavy (non-hydrogen) atoms. The number of carbonyl (C=O) groups excluding carboxylic acids is 2. The maximum Gasteiger partial charge on any atom is 0.253 e. The van der Waals surface area contributed by atoms with Gasteiger partial charge in [0.1, 0.15) is 11.6 Å². The van der Waals surface area contributed by atoms with E-state index in [9.17, 15) is 9.59 Å². The first kappa shape index (κ1) is 22.1. The number of ether oxygens (including phenoxy) is 1. The summed E-state index contributed by atoms with van der Waals surface area (Å²) in [7, 11) is 0. The number of amides is 2. The number of nitrogens with zero attached hydrogens (tertiary/aromatic N) is 4. The zero-order valence-electron chi connectivity index (χ0n) is 16.7. The van der Waals surface area contributed by atoms with Crippen molar-refractivity contribution in [1.29, 1.82) is 5.26 Å². The van der Waals surface area contributed by atoms with Crippen LogP contribution in [-0.4, -0.2) is 52.4 Å². The van der Waals surface area contributed by atoms with E-state index in [1.54, 1.807) is 29.2 Å². The molecule has 10 heteroatoms. The molecule has 1 aromatic heterocycles. The van der Waals surface area contributed by atoms with E-state index in [1.165, 1.54) is 12.3 Å². The van der Waals surface area contributed by atoms with Gasteiger partial charge in [0.15, 0.2) is 0 Å². The molecule has 2 aromatic rings. The number of nitrogens with one attached hydrogen (secondary N) is 2. The molecule has 1 aliphatic heterocycles. The number of benzene rings is 1. The first-order valence-corrected chi connectivity index (χ1v) is 9.99. The fraction of sp³-hybridized carbons (Fsp3) is 0.286. The van der Waals surface area contributed by atoms with Crippen LogP contribution in [0.25, 0.3) is 0 Å². The largest absolute Gasteiger partial charge is 0.475 e. The van der Waals surface area contributed by atoms with Gasteiger partial charge in [0, 0.05) is 30.4 Å². The molecule has 0 bridgehead atoms. The Balaban J connectivity index is 1.57. The lowest BCUT2D eigenvalue weighted by molar-refractivity contribution is -0.111. The highest BCUT2D eigenvalue weighted by Crippen LogP contribution is 2.23. The molecule has 0 unspecified atom stereocenters. The second-order valence-electron chi connectivity index (χ2n) is 6.76. The molecule has 0 radical (unpaired) electrons. The Hall–Kier alpha value is -3.64. The number of aromatic nitrogens is 2. The summed E-state index contributed by atoms with van der Waals surface area (Å²) in [5.41, 5.74) is 1.13. The fourth-order valence-corrected chi connectivity index (χ4v) is 3.18. The predicted octanol–water partition coefficient (Wildman–Crippen LogP) is 2.87. The normalized spacial score (nSPS) is 15.1. The first-order chi connectivity index (χ1) is 15.0. The molecule has 160 valence electrons. The number of hydrogen-bond acceptors (Lipinski definition) is 7. The van der Waals surface area contributed by atoms with Gasteiger partial charge >= 0.3 is 0 Å². The molecule has 2 N–H and O–H groups in total. The number of hydrogen-bond donors (Lipinski definition) is 2. The van der Waals surface area contributed by atoms with Gasteiger partial charge in [-0.05, 0) is 36.8 Å². The standard InChI is InChI=1S/C21H21ClN6O3/c1-2-18(29)25-15-6-4-14(5-7-15)20(30)28-10-8-16(13-28)26-21-24-12-17(22)19(27-21)31-11-3-9-23/h2,4-7,12,16H,1,3,8,10-11,13H2,(H,25,29)(H,24,26,27)/t16-/m1/s1. The third kappa shape index (κ3) is 5.93. The molecule has 2 heterocycles. The van der Waals surface area contributed by atoms with Gasteiger partial charge in [-0.3, -0.25) is 9.59 Å². The van der Waals surface area contributed by atoms with Gasteiger partial charge < -0.3 is 20.3 Å². The van der Waals surface area contributed by atoms with Crippen molar-refractivity contribution in [3.8, 4) is 11.9 Å². The molecular weight excluding hydrogens is 420 g/mol. The molecule has 3 rings (SSSR count). The van der Waals surface area contributed by atoms with Crippen molar-refractivity contribution >= 4 is 35.1 Å². The van der Waals surface area contributed by atoms with Crippen molar-refractivity contribution in [3.05, 3.63) is 53.7 Å². The van der Waals surface area contributed by atoms with E-state index in [4.69, 9.17) is 21.6 Å². The molecule has 1 atom stereocenters. The van der Waals surface area contributed by atoms with Crippen LogP contribution < -0.4 is 15.4 Å². The number of anilines is 2. The Morgan fingerprint density at radius 1 is 1.39 bits per heavy atom. The topological polar surface area (TPSA) is 120 Å². The molecule has 1 fully saturated rings. The van der Waals surface area contributed by atoms with Gasteiger partial charge in [-0.1, -0.05) is 18.2 Å². The highest BCUT2D eigenvalue weighted by atomic mass is 35.5. The summed E-state index contributed by atoms with van der Waals surface area (Å²) in [4.78, 5) is 34.3. The molecule has 1 aromatic carbocycles. The third-order valence-corrected chi connectivity index (χ3v) is 4.82. The zero-order chi connectivity index (χ0) is 22.2. The third-order valence-electron chi connectivity index (χ3n) is 4.56. The van der Waals surface area contributed by atoms with Crippen LogP contribution in [-0.2, 0) is 4.79 Å². The van der Waals surface area contributed by atoms with E-state index in [0.29, 0.717) is 30.3 Å². The summed E-state index contributed by atoms with van der Waals surface area (Å²) >= 11 is 6.03. The summed E-state index contributed by atoms with van der Waals surface area (Å²) in [5.74, 6) is 0.154. The van der Waals surface area contributed by atoms with Crippen molar-refractivity contribution in [2.75, 3.05) is 30.3 Å². The van der Waals surface area contributed by atoms with Crippen LogP contribution >= 0.6 is 11.6 Å². The Morgan fingerprint density at radius 2 is 2.16 bits per heavy atom. The summed E-state index contributed by atoms with van der Waals surface area (Å²) in [5, 5.41) is 14.7. The number of rotatable bonds is 8. The molecule has 0 aliphatic carbocycles. The minimum absolute atomic E-state index is 0.0248. The molecule has 1 saturated heterocycles. The van der Waals surface area contributed by atoms with E-state index >= 15 is 0 Å². The summed E-state index contributed by atoms with van der Waals surface area (Å²) in [6, 6.07) is 8.67. The smallest absolute Gasteiger partial charge is 0.253 e. The summed E-state index contributed by atoms with van der Waals surface area (Å²) in [6.45, 7) is 4.67. The average molecular weight is 441 g/mol. The van der Waals surface area contributed by atoms with Gasteiger partial charge in [-0.15, -0.1) is 0 Å². The molecule has 0 spiro atoms. The van der Waals surface area contributed by atoms with Crippen molar-refractivity contribution in [1.82, 2.24) is 14.9 Å². The Morgan fingerprint density at radius 3 is 2.87 bits per heavy atom. The maximum absolute atomic E-state index is 12.8. The Kier molecular flexibility index (Phi) is 7.40. The van der Waals surface area contributed by atoms with Gasteiger partial charge in [0.2, 0.25) is 17.7 Å². The average Bonchev–Trinajstić information content (AvgIpc) is 3.24. The number of likely N-dealkylation sites (tertiary alicyclic amines) is 1. The Labute approximate surface area is 184 Å². The monoisotopic (exact) mass is 440 g/mol. The highest BCUT2D eigenvalue weighted by Gasteiger charge is 2.27. The minimum Gasteiger partial charge on any atom is -0.475 e. The van der Waals surface area contributed by atoms with E-state index in [-0.39, 0.29) is 41.8 Å². The van der Waals surface area contributed by atoms with E-state index in [2.05, 4.69) is 27.2 Å². The second kappa shape index (κ2) is 10.4. The van der Waals surface area contributed by atoms with Gasteiger partial charge in [0.25, 0.3) is 5.91 Å². The van der Waals surface area contributed by atoms with Gasteiger partial charge in [0.05, 0.1) is 18.7 Å². The quantitative estimate of drug-likeness (QED) is 0.478. The van der Waals surface area contributed by atoms with Crippen molar-refractivity contribution in [3.63, 3.8) is 0 Å². The van der Waals surface area contributed by atoms with Gasteiger partial charge in [-0.2, -0.15) is 10.2 Å². The molecule has 0 saturated carbocycles. The Bertz CT molecular complexity index is 1010. The maximum atomic E-state index is 12.8. The van der Waals surface area contributed by atoms with Crippen molar-refractivity contribution in [2.24, 2.45) is 0 Å². The minimum atomic E-state index is -0.310. The number of nitriles is 1. The second-order valence-corrected chi connectivity index (χ2v) is 7.16. The van der Waals surface area contributed by atoms with Crippen LogP contribution in [0.3, 0.4) is 0 Å². The molecule has 9 nitrogen and oxygen atoms in total. The summed E-state index contributed by atoms with van der Waals surface area (Å²) < 4.78 is 5.40. The molecule has 2 amide bonds. The molecular formula is C21H21ClN6O3. The lowest BCUT2D eigenvalue weighted by Gasteiger charge is -2.17. The van der Waals surface area contributed by atoms with Crippen LogP contribution in [0.1, 0.15) is 23.2 Å². The highest BCUT2D eigenvalue weighted by molar-refractivity contribution is 6.31. The van der Waals surface area contributed by atoms with E-state index in [0.717, 1.165) is 6.42 Å². The van der Waals surface area contributed by atoms with Crippen LogP contribution in [0.5, 0.6) is 5.88 Å². The van der Waals surface area contributed by atoms with Crippen LogP contribution in [0.15, 0.2) is 43.1 Å². The SMILES string of the molecule is C=CC(=O)Nc1ccc(C(=O)N2CC[C@@H](Nc3ncc(Cl)c(OCCC#N)n3)C2)cc1. The van der Waals surface area contributed by atoms with E-state index < -0.39 is 0 Å². The zero-order valence-corrected chi connectivity index (χ0v) is 17.4. The van der Waals surface area contributed by atoms with Crippen molar-refractivity contribution in [2.45, 2.75) is 18.9 Å². The lowest BCUT2D eigenvalue weighted by Crippen LogP contribution is -2.31. The fourth-order valence-electron chi connectivity index (χ4n) is 3.03. The van der Waals surface area contributed by atoms with Crippen LogP contribution in [0.4, 0.5) is 11.6 Å². The number of carbonyl (C=O) groups is 2.